The van der Waals surface area contributed by atoms with Crippen molar-refractivity contribution in [1.29, 1.82) is 0 Å². The van der Waals surface area contributed by atoms with Crippen LogP contribution in [0.2, 0.25) is 0 Å². The average molecular weight is 493 g/mol. The van der Waals surface area contributed by atoms with Crippen LogP contribution in [0.15, 0.2) is 72.8 Å². The fourth-order valence-corrected chi connectivity index (χ4v) is 3.17. The summed E-state index contributed by atoms with van der Waals surface area (Å²) in [5.41, 5.74) is 1.66. The molecule has 3 aromatic rings. The molecule has 0 saturated carbocycles. The lowest BCUT2D eigenvalue weighted by molar-refractivity contribution is -0.118. The maximum atomic E-state index is 12.6. The molecule has 9 heteroatoms. The number of nitrogens with one attached hydrogen (secondary N) is 2. The summed E-state index contributed by atoms with van der Waals surface area (Å²) in [5.74, 6) is 0.640. The Morgan fingerprint density at radius 1 is 0.778 bits per heavy atom. The van der Waals surface area contributed by atoms with E-state index in [2.05, 4.69) is 10.6 Å². The summed E-state index contributed by atoms with van der Waals surface area (Å²) in [6.45, 7) is 4.22. The topological polar surface area (TPSA) is 112 Å². The molecule has 0 spiro atoms. The Bertz CT molecular complexity index is 1180. The second kappa shape index (κ2) is 13.4. The summed E-state index contributed by atoms with van der Waals surface area (Å²) < 4.78 is 20.8. The lowest BCUT2D eigenvalue weighted by Crippen LogP contribution is -2.25. The van der Waals surface area contributed by atoms with Crippen LogP contribution in [0.1, 0.15) is 29.8 Å². The molecule has 9 nitrogen and oxygen atoms in total. The Labute approximate surface area is 209 Å². The normalized spacial score (nSPS) is 10.2. The molecule has 0 bridgehead atoms. The molecule has 0 aliphatic heterocycles. The highest BCUT2D eigenvalue weighted by atomic mass is 16.7. The van der Waals surface area contributed by atoms with Gasteiger partial charge in [0.05, 0.1) is 13.2 Å². The number of carbonyl (C=O) groups excluding carboxylic acids is 3. The second-order valence-electron chi connectivity index (χ2n) is 7.37. The van der Waals surface area contributed by atoms with Gasteiger partial charge in [0.2, 0.25) is 0 Å². The Kier molecular flexibility index (Phi) is 9.69. The zero-order chi connectivity index (χ0) is 25.8. The number of anilines is 1. The van der Waals surface area contributed by atoms with Crippen molar-refractivity contribution in [1.82, 2.24) is 5.32 Å². The zero-order valence-electron chi connectivity index (χ0n) is 20.1. The maximum Gasteiger partial charge on any atom is 0.513 e. The molecule has 0 aromatic heterocycles. The molecule has 0 radical (unpaired) electrons. The molecule has 0 aliphatic carbocycles. The molecule has 0 aliphatic rings. The highest BCUT2D eigenvalue weighted by molar-refractivity contribution is 5.95. The van der Waals surface area contributed by atoms with Crippen molar-refractivity contribution < 1.29 is 33.3 Å². The quantitative estimate of drug-likeness (QED) is 0.298. The first-order chi connectivity index (χ1) is 17.5. The number of benzene rings is 3. The van der Waals surface area contributed by atoms with E-state index in [4.69, 9.17) is 18.9 Å². The van der Waals surface area contributed by atoms with Crippen LogP contribution in [0.4, 0.5) is 10.5 Å². The highest BCUT2D eigenvalue weighted by Gasteiger charge is 2.12. The van der Waals surface area contributed by atoms with Crippen molar-refractivity contribution in [3.63, 3.8) is 0 Å². The molecule has 3 aromatic carbocycles. The van der Waals surface area contributed by atoms with Gasteiger partial charge in [0.25, 0.3) is 11.8 Å². The Morgan fingerprint density at radius 2 is 1.44 bits per heavy atom. The first kappa shape index (κ1) is 26.1. The molecular weight excluding hydrogens is 464 g/mol. The van der Waals surface area contributed by atoms with E-state index >= 15 is 0 Å². The van der Waals surface area contributed by atoms with Crippen LogP contribution < -0.4 is 24.8 Å². The van der Waals surface area contributed by atoms with Gasteiger partial charge in [0.1, 0.15) is 5.75 Å². The first-order valence-corrected chi connectivity index (χ1v) is 11.4. The largest absolute Gasteiger partial charge is 0.513 e. The molecule has 2 amide bonds. The lowest BCUT2D eigenvalue weighted by atomic mass is 10.1. The van der Waals surface area contributed by atoms with Gasteiger partial charge in [-0.15, -0.1) is 0 Å². The summed E-state index contributed by atoms with van der Waals surface area (Å²) in [7, 11) is 0. The van der Waals surface area contributed by atoms with Crippen LogP contribution in [-0.4, -0.2) is 37.8 Å². The van der Waals surface area contributed by atoms with Crippen molar-refractivity contribution in [2.75, 3.05) is 25.1 Å². The van der Waals surface area contributed by atoms with Gasteiger partial charge in [-0.1, -0.05) is 30.3 Å². The van der Waals surface area contributed by atoms with Crippen LogP contribution >= 0.6 is 0 Å². The predicted octanol–water partition coefficient (Wildman–Crippen LogP) is 4.57. The third-order valence-electron chi connectivity index (χ3n) is 4.82. The van der Waals surface area contributed by atoms with Crippen LogP contribution in [0, 0.1) is 0 Å². The summed E-state index contributed by atoms with van der Waals surface area (Å²) in [6, 6.07) is 20.4. The second-order valence-corrected chi connectivity index (χ2v) is 7.37. The molecule has 188 valence electrons. The van der Waals surface area contributed by atoms with Crippen LogP contribution in [-0.2, 0) is 16.1 Å². The van der Waals surface area contributed by atoms with Crippen LogP contribution in [0.25, 0.3) is 0 Å². The van der Waals surface area contributed by atoms with E-state index in [0.29, 0.717) is 29.4 Å². The number of amides is 2. The van der Waals surface area contributed by atoms with Crippen molar-refractivity contribution in [3.8, 4) is 17.2 Å². The minimum atomic E-state index is -0.808. The third kappa shape index (κ3) is 7.76. The SMILES string of the molecule is CCOC(=O)Oc1ccc(C(=O)NCc2ccccc2NC(=O)COc2ccccc2OCC)cc1. The smallest absolute Gasteiger partial charge is 0.490 e. The maximum absolute atomic E-state index is 12.6. The van der Waals surface area contributed by atoms with Gasteiger partial charge in [-0.05, 0) is 61.9 Å². The number of rotatable bonds is 11. The Balaban J connectivity index is 1.54. The molecule has 0 atom stereocenters. The monoisotopic (exact) mass is 492 g/mol. The minimum absolute atomic E-state index is 0.185. The highest BCUT2D eigenvalue weighted by Crippen LogP contribution is 2.26. The van der Waals surface area contributed by atoms with E-state index < -0.39 is 6.16 Å². The fraction of sp³-hybridized carbons (Fsp3) is 0.222. The summed E-state index contributed by atoms with van der Waals surface area (Å²) in [5, 5.41) is 5.63. The van der Waals surface area contributed by atoms with Gasteiger partial charge < -0.3 is 29.6 Å². The van der Waals surface area contributed by atoms with Crippen molar-refractivity contribution >= 4 is 23.7 Å². The molecule has 3 rings (SSSR count). The first-order valence-electron chi connectivity index (χ1n) is 11.4. The van der Waals surface area contributed by atoms with E-state index in [9.17, 15) is 14.4 Å². The summed E-state index contributed by atoms with van der Waals surface area (Å²) in [6.07, 6.45) is -0.808. The molecule has 0 heterocycles. The standard InChI is InChI=1S/C27H28N2O7/c1-3-33-23-11-7-8-12-24(23)35-18-25(30)29-22-10-6-5-9-20(22)17-28-26(31)19-13-15-21(16-14-19)36-27(32)34-4-2/h5-16H,3-4,17-18H2,1-2H3,(H,28,31)(H,29,30). The lowest BCUT2D eigenvalue weighted by Gasteiger charge is -2.14. The molecular formula is C27H28N2O7. The van der Waals surface area contributed by atoms with Crippen LogP contribution in [0.3, 0.4) is 0 Å². The summed E-state index contributed by atoms with van der Waals surface area (Å²) >= 11 is 0. The molecule has 0 unspecified atom stereocenters. The van der Waals surface area contributed by atoms with E-state index in [-0.39, 0.29) is 37.3 Å². The van der Waals surface area contributed by atoms with Crippen molar-refractivity contribution in [2.24, 2.45) is 0 Å². The molecule has 0 saturated heterocycles. The van der Waals surface area contributed by atoms with E-state index in [1.807, 2.05) is 19.1 Å². The van der Waals surface area contributed by atoms with Crippen LogP contribution in [0.5, 0.6) is 17.2 Å². The van der Waals surface area contributed by atoms with E-state index in [1.165, 1.54) is 24.3 Å². The fourth-order valence-electron chi connectivity index (χ4n) is 3.17. The number of hydrogen-bond donors (Lipinski definition) is 2. The number of ether oxygens (including phenoxy) is 4. The molecule has 0 fully saturated rings. The van der Waals surface area contributed by atoms with Gasteiger partial charge in [-0.2, -0.15) is 0 Å². The average Bonchev–Trinajstić information content (AvgIpc) is 2.88. The van der Waals surface area contributed by atoms with Gasteiger partial charge in [0, 0.05) is 17.8 Å². The Morgan fingerprint density at radius 3 is 2.14 bits per heavy atom. The minimum Gasteiger partial charge on any atom is -0.490 e. The van der Waals surface area contributed by atoms with E-state index in [0.717, 1.165) is 5.56 Å². The third-order valence-corrected chi connectivity index (χ3v) is 4.82. The zero-order valence-corrected chi connectivity index (χ0v) is 20.1. The number of hydrogen-bond acceptors (Lipinski definition) is 7. The van der Waals surface area contributed by atoms with Gasteiger partial charge in [0.15, 0.2) is 18.1 Å². The molecule has 2 N–H and O–H groups in total. The predicted molar refractivity (Wildman–Crippen MR) is 133 cm³/mol. The number of carbonyl (C=O) groups is 3. The van der Waals surface area contributed by atoms with Crippen molar-refractivity contribution in [3.05, 3.63) is 83.9 Å². The van der Waals surface area contributed by atoms with E-state index in [1.54, 1.807) is 43.3 Å². The molecule has 36 heavy (non-hydrogen) atoms. The van der Waals surface area contributed by atoms with Crippen molar-refractivity contribution in [2.45, 2.75) is 20.4 Å². The van der Waals surface area contributed by atoms with Gasteiger partial charge in [-0.25, -0.2) is 4.79 Å². The van der Waals surface area contributed by atoms with Gasteiger partial charge >= 0.3 is 6.16 Å². The summed E-state index contributed by atoms with van der Waals surface area (Å²) in [4.78, 5) is 36.5. The number of para-hydroxylation sites is 3. The van der Waals surface area contributed by atoms with Gasteiger partial charge in [-0.3, -0.25) is 9.59 Å². The Hall–Kier alpha value is -4.53.